The van der Waals surface area contributed by atoms with Gasteiger partial charge in [0.2, 0.25) is 5.91 Å². The Bertz CT molecular complexity index is 856. The lowest BCUT2D eigenvalue weighted by Gasteiger charge is -2.36. The van der Waals surface area contributed by atoms with Gasteiger partial charge in [-0.15, -0.1) is 0 Å². The summed E-state index contributed by atoms with van der Waals surface area (Å²) in [6, 6.07) is 0. The highest BCUT2D eigenvalue weighted by atomic mass is 16.2. The lowest BCUT2D eigenvalue weighted by molar-refractivity contribution is -0.143. The summed E-state index contributed by atoms with van der Waals surface area (Å²) in [6.45, 7) is 4.79. The van der Waals surface area contributed by atoms with Crippen molar-refractivity contribution in [2.75, 3.05) is 13.1 Å². The van der Waals surface area contributed by atoms with Crippen LogP contribution in [0.3, 0.4) is 0 Å². The summed E-state index contributed by atoms with van der Waals surface area (Å²) in [4.78, 5) is 15.4. The topological polar surface area (TPSA) is 66.8 Å². The van der Waals surface area contributed by atoms with Crippen LogP contribution in [0.1, 0.15) is 63.1 Å². The van der Waals surface area contributed by atoms with Gasteiger partial charge in [0, 0.05) is 54.5 Å². The Hall–Kier alpha value is -2.11. The van der Waals surface area contributed by atoms with E-state index >= 15 is 0 Å². The number of fused-ring (bicyclic) bond motifs is 1. The SMILES string of the molecule is CC1(C(=O)N2CCc3[nH]nc(-c4cnn(CC5CC5)c4)c3CC2)CCCCC1. The van der Waals surface area contributed by atoms with Crippen LogP contribution in [0.4, 0.5) is 0 Å². The number of H-pyrrole nitrogens is 1. The van der Waals surface area contributed by atoms with Gasteiger partial charge in [0.05, 0.1) is 11.9 Å². The number of nitrogens with one attached hydrogen (secondary N) is 1. The zero-order valence-corrected chi connectivity index (χ0v) is 16.9. The van der Waals surface area contributed by atoms with Crippen molar-refractivity contribution in [2.45, 2.75) is 71.3 Å². The van der Waals surface area contributed by atoms with Gasteiger partial charge in [0.1, 0.15) is 0 Å². The Morgan fingerprint density at radius 2 is 2.00 bits per heavy atom. The first-order valence-corrected chi connectivity index (χ1v) is 11.0. The van der Waals surface area contributed by atoms with E-state index in [4.69, 9.17) is 0 Å². The van der Waals surface area contributed by atoms with Crippen LogP contribution >= 0.6 is 0 Å². The van der Waals surface area contributed by atoms with Gasteiger partial charge in [-0.2, -0.15) is 10.2 Å². The Balaban J connectivity index is 1.31. The van der Waals surface area contributed by atoms with Gasteiger partial charge in [-0.3, -0.25) is 14.6 Å². The van der Waals surface area contributed by atoms with Crippen molar-refractivity contribution in [1.82, 2.24) is 24.9 Å². The third-order valence-electron chi connectivity index (χ3n) is 7.03. The molecule has 2 fully saturated rings. The van der Waals surface area contributed by atoms with E-state index in [0.717, 1.165) is 62.5 Å². The molecule has 6 heteroatoms. The van der Waals surface area contributed by atoms with Crippen LogP contribution in [0, 0.1) is 11.3 Å². The van der Waals surface area contributed by atoms with Gasteiger partial charge in [0.25, 0.3) is 0 Å². The van der Waals surface area contributed by atoms with E-state index in [1.54, 1.807) is 0 Å². The molecule has 1 N–H and O–H groups in total. The summed E-state index contributed by atoms with van der Waals surface area (Å²) in [5.41, 5.74) is 4.43. The van der Waals surface area contributed by atoms with Gasteiger partial charge < -0.3 is 4.90 Å². The van der Waals surface area contributed by atoms with Crippen LogP contribution in [0.2, 0.25) is 0 Å². The zero-order chi connectivity index (χ0) is 19.1. The molecule has 3 heterocycles. The van der Waals surface area contributed by atoms with Crippen molar-refractivity contribution < 1.29 is 4.79 Å². The van der Waals surface area contributed by atoms with Crippen LogP contribution in [-0.4, -0.2) is 43.9 Å². The van der Waals surface area contributed by atoms with Gasteiger partial charge >= 0.3 is 0 Å². The third kappa shape index (κ3) is 3.38. The molecular weight excluding hydrogens is 350 g/mol. The van der Waals surface area contributed by atoms with E-state index in [1.165, 1.54) is 43.4 Å². The molecule has 0 saturated heterocycles. The van der Waals surface area contributed by atoms with E-state index < -0.39 is 0 Å². The van der Waals surface area contributed by atoms with E-state index in [1.807, 2.05) is 6.20 Å². The Kier molecular flexibility index (Phi) is 4.52. The Morgan fingerprint density at radius 3 is 2.79 bits per heavy atom. The summed E-state index contributed by atoms with van der Waals surface area (Å²) in [6.07, 6.45) is 14.2. The third-order valence-corrected chi connectivity index (χ3v) is 7.03. The highest BCUT2D eigenvalue weighted by Gasteiger charge is 2.38. The Labute approximate surface area is 166 Å². The summed E-state index contributed by atoms with van der Waals surface area (Å²) in [5.74, 6) is 1.17. The number of hydrogen-bond acceptors (Lipinski definition) is 3. The first-order valence-electron chi connectivity index (χ1n) is 11.0. The standard InChI is InChI=1S/C22H31N5O/c1-22(9-3-2-4-10-22)21(28)26-11-7-18-19(8-12-26)24-25-20(18)17-13-23-27(15-17)14-16-5-6-16/h13,15-16H,2-12,14H2,1H3,(H,24,25). The number of aromatic amines is 1. The van der Waals surface area contributed by atoms with Crippen LogP contribution in [0.15, 0.2) is 12.4 Å². The number of carbonyl (C=O) groups is 1. The van der Waals surface area contributed by atoms with Gasteiger partial charge in [0.15, 0.2) is 0 Å². The van der Waals surface area contributed by atoms with Crippen molar-refractivity contribution in [1.29, 1.82) is 0 Å². The molecule has 0 unspecified atom stereocenters. The maximum absolute atomic E-state index is 13.3. The summed E-state index contributed by atoms with van der Waals surface area (Å²) in [7, 11) is 0. The maximum Gasteiger partial charge on any atom is 0.228 e. The van der Waals surface area contributed by atoms with Gasteiger partial charge in [-0.1, -0.05) is 26.2 Å². The number of rotatable bonds is 4. The van der Waals surface area contributed by atoms with Gasteiger partial charge in [-0.05, 0) is 38.0 Å². The largest absolute Gasteiger partial charge is 0.342 e. The number of carbonyl (C=O) groups excluding carboxylic acids is 1. The number of nitrogens with zero attached hydrogens (tertiary/aromatic N) is 4. The molecule has 6 nitrogen and oxygen atoms in total. The summed E-state index contributed by atoms with van der Waals surface area (Å²) in [5, 5.41) is 12.4. The van der Waals surface area contributed by atoms with Crippen LogP contribution in [-0.2, 0) is 24.2 Å². The first-order chi connectivity index (χ1) is 13.6. The first kappa shape index (κ1) is 18.0. The van der Waals surface area contributed by atoms with Crippen molar-refractivity contribution in [2.24, 2.45) is 11.3 Å². The lowest BCUT2D eigenvalue weighted by atomic mass is 9.74. The molecule has 0 atom stereocenters. The van der Waals surface area contributed by atoms with Crippen molar-refractivity contribution in [3.8, 4) is 11.3 Å². The molecule has 3 aliphatic rings. The quantitative estimate of drug-likeness (QED) is 0.880. The fraction of sp³-hybridized carbons (Fsp3) is 0.682. The van der Waals surface area contributed by atoms with Gasteiger partial charge in [-0.25, -0.2) is 0 Å². The van der Waals surface area contributed by atoms with Crippen molar-refractivity contribution in [3.05, 3.63) is 23.7 Å². The zero-order valence-electron chi connectivity index (χ0n) is 16.9. The molecule has 28 heavy (non-hydrogen) atoms. The highest BCUT2D eigenvalue weighted by molar-refractivity contribution is 5.82. The molecule has 2 aliphatic carbocycles. The summed E-state index contributed by atoms with van der Waals surface area (Å²) >= 11 is 0. The van der Waals surface area contributed by atoms with E-state index in [-0.39, 0.29) is 5.41 Å². The molecule has 2 aromatic rings. The average molecular weight is 382 g/mol. The molecule has 2 aromatic heterocycles. The minimum Gasteiger partial charge on any atom is -0.342 e. The molecule has 0 bridgehead atoms. The molecule has 0 aromatic carbocycles. The molecule has 2 saturated carbocycles. The molecule has 1 amide bonds. The smallest absolute Gasteiger partial charge is 0.228 e. The second-order valence-electron chi connectivity index (χ2n) is 9.34. The van der Waals surface area contributed by atoms with E-state index in [2.05, 4.69) is 38.0 Å². The summed E-state index contributed by atoms with van der Waals surface area (Å²) < 4.78 is 2.06. The normalized spacial score (nSPS) is 22.0. The number of hydrogen-bond donors (Lipinski definition) is 1. The minimum atomic E-state index is -0.151. The molecule has 5 rings (SSSR count). The van der Waals surface area contributed by atoms with E-state index in [0.29, 0.717) is 5.91 Å². The minimum absolute atomic E-state index is 0.151. The second kappa shape index (κ2) is 7.05. The van der Waals surface area contributed by atoms with Crippen LogP contribution in [0.5, 0.6) is 0 Å². The number of aromatic nitrogens is 4. The predicted octanol–water partition coefficient (Wildman–Crippen LogP) is 3.58. The van der Waals surface area contributed by atoms with Crippen molar-refractivity contribution >= 4 is 5.91 Å². The fourth-order valence-electron chi connectivity index (χ4n) is 5.00. The lowest BCUT2D eigenvalue weighted by Crippen LogP contribution is -2.44. The second-order valence-corrected chi connectivity index (χ2v) is 9.34. The molecule has 0 radical (unpaired) electrons. The maximum atomic E-state index is 13.3. The average Bonchev–Trinajstić information content (AvgIpc) is 3.31. The predicted molar refractivity (Wildman–Crippen MR) is 108 cm³/mol. The monoisotopic (exact) mass is 381 g/mol. The van der Waals surface area contributed by atoms with Crippen LogP contribution < -0.4 is 0 Å². The molecule has 150 valence electrons. The van der Waals surface area contributed by atoms with E-state index in [9.17, 15) is 4.79 Å². The van der Waals surface area contributed by atoms with Crippen LogP contribution in [0.25, 0.3) is 11.3 Å². The van der Waals surface area contributed by atoms with Crippen molar-refractivity contribution in [3.63, 3.8) is 0 Å². The number of amides is 1. The Morgan fingerprint density at radius 1 is 1.21 bits per heavy atom. The molecular formula is C22H31N5O. The highest BCUT2D eigenvalue weighted by Crippen LogP contribution is 2.38. The molecule has 1 aliphatic heterocycles. The fourth-order valence-corrected chi connectivity index (χ4v) is 5.00. The molecule has 0 spiro atoms.